The first kappa shape index (κ1) is 12.2. The van der Waals surface area contributed by atoms with E-state index < -0.39 is 0 Å². The molecule has 0 aliphatic carbocycles. The summed E-state index contributed by atoms with van der Waals surface area (Å²) in [5.41, 5.74) is 2.22. The number of halogens is 2. The number of aryl methyl sites for hydroxylation is 3. The van der Waals surface area contributed by atoms with Crippen LogP contribution in [0.25, 0.3) is 0 Å². The molecule has 2 rings (SSSR count). The van der Waals surface area contributed by atoms with Gasteiger partial charge in [0.2, 0.25) is 0 Å². The van der Waals surface area contributed by atoms with E-state index in [1.54, 1.807) is 11.3 Å². The fourth-order valence-corrected chi connectivity index (χ4v) is 4.04. The molecule has 1 nitrogen and oxygen atoms in total. The first-order valence-electron chi connectivity index (χ1n) is 4.96. The Hall–Kier alpha value is -0.250. The first-order valence-corrected chi connectivity index (χ1v) is 7.00. The van der Waals surface area contributed by atoms with Crippen LogP contribution < -0.4 is 0 Å². The van der Waals surface area contributed by atoms with Crippen molar-refractivity contribution in [1.29, 1.82) is 0 Å². The Balaban J connectivity index is 2.42. The number of hydrogen-bond acceptors (Lipinski definition) is 2. The molecule has 0 aromatic carbocycles. The number of furan rings is 1. The van der Waals surface area contributed by atoms with Crippen molar-refractivity contribution in [2.24, 2.45) is 0 Å². The van der Waals surface area contributed by atoms with Crippen molar-refractivity contribution >= 4 is 38.9 Å². The number of thiophene rings is 1. The van der Waals surface area contributed by atoms with Gasteiger partial charge in [0.15, 0.2) is 0 Å². The van der Waals surface area contributed by atoms with Crippen molar-refractivity contribution in [2.45, 2.75) is 26.1 Å². The highest BCUT2D eigenvalue weighted by Crippen LogP contribution is 2.39. The van der Waals surface area contributed by atoms with Crippen LogP contribution >= 0.6 is 38.9 Å². The van der Waals surface area contributed by atoms with E-state index in [1.165, 1.54) is 4.88 Å². The molecule has 0 amide bonds. The van der Waals surface area contributed by atoms with Gasteiger partial charge in [-0.25, -0.2) is 0 Å². The third-order valence-electron chi connectivity index (χ3n) is 2.55. The highest BCUT2D eigenvalue weighted by Gasteiger charge is 2.20. The zero-order valence-corrected chi connectivity index (χ0v) is 12.5. The predicted octanol–water partition coefficient (Wildman–Crippen LogP) is 5.36. The second-order valence-electron chi connectivity index (χ2n) is 3.79. The third-order valence-corrected chi connectivity index (χ3v) is 4.59. The van der Waals surface area contributed by atoms with E-state index in [0.717, 1.165) is 26.4 Å². The minimum absolute atomic E-state index is 0.125. The third kappa shape index (κ3) is 2.22. The van der Waals surface area contributed by atoms with Crippen LogP contribution in [-0.4, -0.2) is 0 Å². The number of hydrogen-bond donors (Lipinski definition) is 0. The molecule has 0 N–H and O–H groups in total. The van der Waals surface area contributed by atoms with Crippen LogP contribution in [0.1, 0.15) is 32.9 Å². The average molecular weight is 320 g/mol. The van der Waals surface area contributed by atoms with Gasteiger partial charge in [0.1, 0.15) is 11.5 Å². The summed E-state index contributed by atoms with van der Waals surface area (Å²) in [5.74, 6) is 1.81. The average Bonchev–Trinajstić information content (AvgIpc) is 2.68. The zero-order valence-electron chi connectivity index (χ0n) is 9.30. The summed E-state index contributed by atoms with van der Waals surface area (Å²) in [6, 6.07) is 4.09. The van der Waals surface area contributed by atoms with Gasteiger partial charge >= 0.3 is 0 Å². The lowest BCUT2D eigenvalue weighted by Crippen LogP contribution is -1.93. The molecule has 0 saturated heterocycles. The van der Waals surface area contributed by atoms with Gasteiger partial charge < -0.3 is 4.42 Å². The molecular weight excluding hydrogens is 308 g/mol. The molecular formula is C12H12BrClOS. The maximum Gasteiger partial charge on any atom is 0.106 e. The summed E-state index contributed by atoms with van der Waals surface area (Å²) < 4.78 is 6.63. The van der Waals surface area contributed by atoms with Crippen LogP contribution in [0.5, 0.6) is 0 Å². The van der Waals surface area contributed by atoms with Crippen LogP contribution in [0, 0.1) is 20.8 Å². The molecule has 0 aliphatic heterocycles. The lowest BCUT2D eigenvalue weighted by Gasteiger charge is -2.07. The molecule has 86 valence electrons. The molecule has 0 aliphatic rings. The molecule has 0 spiro atoms. The van der Waals surface area contributed by atoms with Crippen LogP contribution in [0.3, 0.4) is 0 Å². The van der Waals surface area contributed by atoms with Crippen molar-refractivity contribution in [2.75, 3.05) is 0 Å². The van der Waals surface area contributed by atoms with Gasteiger partial charge in [0.05, 0.1) is 9.16 Å². The maximum atomic E-state index is 6.49. The monoisotopic (exact) mass is 318 g/mol. The Labute approximate surface area is 113 Å². The van der Waals surface area contributed by atoms with Crippen LogP contribution in [0.4, 0.5) is 0 Å². The highest BCUT2D eigenvalue weighted by molar-refractivity contribution is 9.11. The summed E-state index contributed by atoms with van der Waals surface area (Å²) in [5, 5.41) is -0.125. The summed E-state index contributed by atoms with van der Waals surface area (Å²) in [7, 11) is 0. The van der Waals surface area contributed by atoms with Gasteiger partial charge in [-0.1, -0.05) is 0 Å². The molecule has 2 aromatic heterocycles. The molecule has 4 heteroatoms. The standard InChI is InChI=1S/C12H12BrClOS/c1-6-4-9(7(2)15-6)12(14)10-5-11(13)16-8(10)3/h4-5,12H,1-3H3. The topological polar surface area (TPSA) is 13.1 Å². The fourth-order valence-electron chi connectivity index (χ4n) is 1.78. The number of alkyl halides is 1. The smallest absolute Gasteiger partial charge is 0.106 e. The molecule has 0 bridgehead atoms. The maximum absolute atomic E-state index is 6.49. The lowest BCUT2D eigenvalue weighted by atomic mass is 10.1. The molecule has 2 heterocycles. The Kier molecular flexibility index (Phi) is 3.48. The normalized spacial score (nSPS) is 13.1. The number of rotatable bonds is 2. The summed E-state index contributed by atoms with van der Waals surface area (Å²) in [6.45, 7) is 5.98. The predicted molar refractivity (Wildman–Crippen MR) is 72.6 cm³/mol. The van der Waals surface area contributed by atoms with Crippen molar-refractivity contribution in [3.63, 3.8) is 0 Å². The Morgan fingerprint density at radius 1 is 1.25 bits per heavy atom. The van der Waals surface area contributed by atoms with Gasteiger partial charge in [-0.2, -0.15) is 0 Å². The molecule has 1 atom stereocenters. The van der Waals surface area contributed by atoms with E-state index in [2.05, 4.69) is 28.9 Å². The zero-order chi connectivity index (χ0) is 11.9. The van der Waals surface area contributed by atoms with Gasteiger partial charge in [0, 0.05) is 10.4 Å². The van der Waals surface area contributed by atoms with Crippen LogP contribution in [0.15, 0.2) is 20.3 Å². The van der Waals surface area contributed by atoms with Gasteiger partial charge in [-0.15, -0.1) is 22.9 Å². The Bertz CT molecular complexity index is 469. The Morgan fingerprint density at radius 3 is 2.38 bits per heavy atom. The first-order chi connectivity index (χ1) is 7.49. The highest BCUT2D eigenvalue weighted by atomic mass is 79.9. The summed E-state index contributed by atoms with van der Waals surface area (Å²) in [6.07, 6.45) is 0. The van der Waals surface area contributed by atoms with E-state index in [4.69, 9.17) is 16.0 Å². The summed E-state index contributed by atoms with van der Waals surface area (Å²) in [4.78, 5) is 1.24. The quantitative estimate of drug-likeness (QED) is 0.679. The minimum atomic E-state index is -0.125. The molecule has 1 unspecified atom stereocenters. The van der Waals surface area contributed by atoms with Gasteiger partial charge in [-0.3, -0.25) is 0 Å². The fraction of sp³-hybridized carbons (Fsp3) is 0.333. The minimum Gasteiger partial charge on any atom is -0.466 e. The SMILES string of the molecule is Cc1cc(C(Cl)c2cc(Br)sc2C)c(C)o1. The second kappa shape index (κ2) is 4.55. The Morgan fingerprint density at radius 2 is 1.94 bits per heavy atom. The molecule has 0 fully saturated rings. The summed E-state index contributed by atoms with van der Waals surface area (Å²) >= 11 is 11.7. The molecule has 0 radical (unpaired) electrons. The van der Waals surface area contributed by atoms with Gasteiger partial charge in [0.25, 0.3) is 0 Å². The largest absolute Gasteiger partial charge is 0.466 e. The van der Waals surface area contributed by atoms with E-state index in [1.807, 2.05) is 19.9 Å². The van der Waals surface area contributed by atoms with Gasteiger partial charge in [-0.05, 0) is 54.4 Å². The molecule has 2 aromatic rings. The lowest BCUT2D eigenvalue weighted by molar-refractivity contribution is 0.501. The van der Waals surface area contributed by atoms with E-state index in [-0.39, 0.29) is 5.38 Å². The van der Waals surface area contributed by atoms with Crippen molar-refractivity contribution in [3.8, 4) is 0 Å². The van der Waals surface area contributed by atoms with Crippen LogP contribution in [-0.2, 0) is 0 Å². The van der Waals surface area contributed by atoms with E-state index in [9.17, 15) is 0 Å². The van der Waals surface area contributed by atoms with Crippen molar-refractivity contribution < 1.29 is 4.42 Å². The molecule has 16 heavy (non-hydrogen) atoms. The van der Waals surface area contributed by atoms with E-state index >= 15 is 0 Å². The van der Waals surface area contributed by atoms with Crippen molar-refractivity contribution in [1.82, 2.24) is 0 Å². The van der Waals surface area contributed by atoms with Crippen molar-refractivity contribution in [3.05, 3.63) is 43.4 Å². The molecule has 0 saturated carbocycles. The van der Waals surface area contributed by atoms with Crippen LogP contribution in [0.2, 0.25) is 0 Å². The van der Waals surface area contributed by atoms with E-state index in [0.29, 0.717) is 0 Å². The second-order valence-corrected chi connectivity index (χ2v) is 6.87.